The van der Waals surface area contributed by atoms with Crippen LogP contribution in [0, 0.1) is 0 Å². The highest BCUT2D eigenvalue weighted by molar-refractivity contribution is 6.25. The third-order valence-corrected chi connectivity index (χ3v) is 6.59. The first-order valence-electron chi connectivity index (χ1n) is 10.9. The summed E-state index contributed by atoms with van der Waals surface area (Å²) >= 11 is 0. The molecule has 0 spiro atoms. The first kappa shape index (κ1) is 18.1. The van der Waals surface area contributed by atoms with Gasteiger partial charge in [-0.05, 0) is 59.4 Å². The zero-order valence-electron chi connectivity index (χ0n) is 17.2. The smallest absolute Gasteiger partial charge is 0.258 e. The van der Waals surface area contributed by atoms with Crippen LogP contribution in [0.4, 0.5) is 11.4 Å². The summed E-state index contributed by atoms with van der Waals surface area (Å²) < 4.78 is 0. The average molecular weight is 406 g/mol. The second-order valence-corrected chi connectivity index (χ2v) is 8.40. The number of anilines is 2. The van der Waals surface area contributed by atoms with E-state index in [1.807, 2.05) is 47.4 Å². The van der Waals surface area contributed by atoms with Gasteiger partial charge in [-0.2, -0.15) is 0 Å². The Morgan fingerprint density at radius 3 is 2.52 bits per heavy atom. The zero-order valence-corrected chi connectivity index (χ0v) is 17.2. The maximum absolute atomic E-state index is 12.9. The van der Waals surface area contributed by atoms with Crippen LogP contribution in [0.25, 0.3) is 21.5 Å². The van der Waals surface area contributed by atoms with E-state index in [0.717, 1.165) is 45.9 Å². The van der Waals surface area contributed by atoms with Gasteiger partial charge in [0.1, 0.15) is 0 Å². The van der Waals surface area contributed by atoms with Gasteiger partial charge in [0, 0.05) is 35.0 Å². The Hall–Kier alpha value is -3.66. The fourth-order valence-corrected chi connectivity index (χ4v) is 5.17. The van der Waals surface area contributed by atoms with Crippen molar-refractivity contribution in [3.63, 3.8) is 0 Å². The number of hydrogen-bond acceptors (Lipinski definition) is 2. The molecule has 0 aromatic heterocycles. The highest BCUT2D eigenvalue weighted by atomic mass is 16.2. The van der Waals surface area contributed by atoms with Crippen LogP contribution in [0.1, 0.15) is 34.3 Å². The third-order valence-electron chi connectivity index (χ3n) is 6.59. The summed E-state index contributed by atoms with van der Waals surface area (Å²) in [5, 5.41) is 7.62. The molecule has 2 aliphatic rings. The van der Waals surface area contributed by atoms with Crippen molar-refractivity contribution in [2.45, 2.75) is 25.7 Å². The summed E-state index contributed by atoms with van der Waals surface area (Å²) in [5.41, 5.74) is 5.31. The van der Waals surface area contributed by atoms with E-state index < -0.39 is 0 Å². The number of hydrogen-bond donors (Lipinski definition) is 1. The number of carbonyl (C=O) groups excluding carboxylic acids is 2. The van der Waals surface area contributed by atoms with Gasteiger partial charge in [-0.1, -0.05) is 48.5 Å². The van der Waals surface area contributed by atoms with E-state index in [9.17, 15) is 9.59 Å². The monoisotopic (exact) mass is 406 g/mol. The number of benzene rings is 4. The fraction of sp³-hybridized carbons (Fsp3) is 0.185. The van der Waals surface area contributed by atoms with Crippen molar-refractivity contribution in [3.8, 4) is 0 Å². The normalized spacial score (nSPS) is 14.1. The Morgan fingerprint density at radius 2 is 1.65 bits per heavy atom. The molecule has 1 N–H and O–H groups in total. The Kier molecular flexibility index (Phi) is 4.06. The minimum absolute atomic E-state index is 0.0129. The quantitative estimate of drug-likeness (QED) is 0.478. The fourth-order valence-electron chi connectivity index (χ4n) is 5.17. The number of rotatable bonds is 5. The molecule has 0 unspecified atom stereocenters. The predicted molar refractivity (Wildman–Crippen MR) is 125 cm³/mol. The van der Waals surface area contributed by atoms with Crippen LogP contribution in [0.2, 0.25) is 0 Å². The average Bonchev–Trinajstić information content (AvgIpc) is 3.33. The molecule has 4 aromatic rings. The van der Waals surface area contributed by atoms with E-state index >= 15 is 0 Å². The van der Waals surface area contributed by atoms with Crippen LogP contribution in [0.5, 0.6) is 0 Å². The minimum atomic E-state index is -0.0129. The molecule has 1 heterocycles. The topological polar surface area (TPSA) is 49.4 Å². The Morgan fingerprint density at radius 1 is 0.871 bits per heavy atom. The SMILES string of the molecule is O=C(CCCN1C(=O)c2cccc3cccc1c23)Nc1ccc2c3c(cccc13)CC2. The van der Waals surface area contributed by atoms with Gasteiger partial charge in [-0.3, -0.25) is 9.59 Å². The van der Waals surface area contributed by atoms with Crippen molar-refractivity contribution in [1.29, 1.82) is 0 Å². The summed E-state index contributed by atoms with van der Waals surface area (Å²) in [6.07, 6.45) is 3.13. The Labute approximate surface area is 180 Å². The lowest BCUT2D eigenvalue weighted by Crippen LogP contribution is -2.28. The molecule has 0 radical (unpaired) electrons. The second kappa shape index (κ2) is 6.95. The van der Waals surface area contributed by atoms with Crippen molar-refractivity contribution in [2.24, 2.45) is 0 Å². The zero-order chi connectivity index (χ0) is 20.9. The Balaban J connectivity index is 1.16. The minimum Gasteiger partial charge on any atom is -0.326 e. The standard InChI is InChI=1S/C27H22N2O2/c30-24(28-22-15-14-19-13-12-18-6-1-8-20(22)25(18)19)11-4-16-29-23-10-3-7-17-5-2-9-21(26(17)23)27(29)31/h1-3,5-10,14-15H,4,11-13,16H2,(H,28,30). The van der Waals surface area contributed by atoms with Crippen molar-refractivity contribution >= 4 is 44.7 Å². The van der Waals surface area contributed by atoms with Gasteiger partial charge in [0.25, 0.3) is 5.91 Å². The molecule has 31 heavy (non-hydrogen) atoms. The highest BCUT2D eigenvalue weighted by Gasteiger charge is 2.29. The molecule has 152 valence electrons. The third kappa shape index (κ3) is 2.82. The molecule has 0 saturated carbocycles. The molecule has 0 bridgehead atoms. The highest BCUT2D eigenvalue weighted by Crippen LogP contribution is 2.37. The van der Waals surface area contributed by atoms with Gasteiger partial charge in [-0.15, -0.1) is 0 Å². The molecule has 1 aliphatic carbocycles. The van der Waals surface area contributed by atoms with Crippen molar-refractivity contribution in [3.05, 3.63) is 83.4 Å². The summed E-state index contributed by atoms with van der Waals surface area (Å²) in [5.74, 6) is 0.0146. The predicted octanol–water partition coefficient (Wildman–Crippen LogP) is 5.47. The first-order chi connectivity index (χ1) is 15.2. The van der Waals surface area contributed by atoms with Gasteiger partial charge >= 0.3 is 0 Å². The molecule has 2 amide bonds. The van der Waals surface area contributed by atoms with E-state index in [2.05, 4.69) is 29.6 Å². The van der Waals surface area contributed by atoms with Gasteiger partial charge in [0.2, 0.25) is 5.91 Å². The van der Waals surface area contributed by atoms with E-state index in [1.54, 1.807) is 0 Å². The number of nitrogens with one attached hydrogen (secondary N) is 1. The van der Waals surface area contributed by atoms with Crippen molar-refractivity contribution in [1.82, 2.24) is 0 Å². The second-order valence-electron chi connectivity index (χ2n) is 8.40. The summed E-state index contributed by atoms with van der Waals surface area (Å²) in [6.45, 7) is 0.532. The van der Waals surface area contributed by atoms with Gasteiger partial charge in [-0.25, -0.2) is 0 Å². The van der Waals surface area contributed by atoms with Gasteiger partial charge in [0.05, 0.1) is 5.69 Å². The number of amides is 2. The largest absolute Gasteiger partial charge is 0.326 e. The molecule has 4 aromatic carbocycles. The molecule has 0 saturated heterocycles. The molecule has 6 rings (SSSR count). The maximum atomic E-state index is 12.9. The molecule has 0 atom stereocenters. The molecular weight excluding hydrogens is 384 g/mol. The van der Waals surface area contributed by atoms with E-state index in [-0.39, 0.29) is 11.8 Å². The van der Waals surface area contributed by atoms with Crippen LogP contribution < -0.4 is 10.2 Å². The lowest BCUT2D eigenvalue weighted by molar-refractivity contribution is -0.116. The number of carbonyl (C=O) groups is 2. The van der Waals surface area contributed by atoms with Gasteiger partial charge in [0.15, 0.2) is 0 Å². The summed E-state index contributed by atoms with van der Waals surface area (Å²) in [4.78, 5) is 27.4. The lowest BCUT2D eigenvalue weighted by Gasteiger charge is -2.17. The Bertz CT molecular complexity index is 1370. The van der Waals surface area contributed by atoms with Crippen LogP contribution in [0.3, 0.4) is 0 Å². The van der Waals surface area contributed by atoms with Crippen molar-refractivity contribution in [2.75, 3.05) is 16.8 Å². The summed E-state index contributed by atoms with van der Waals surface area (Å²) in [6, 6.07) is 22.3. The molecule has 1 aliphatic heterocycles. The van der Waals surface area contributed by atoms with Crippen LogP contribution in [-0.2, 0) is 17.6 Å². The summed E-state index contributed by atoms with van der Waals surface area (Å²) in [7, 11) is 0. The molecule has 4 nitrogen and oxygen atoms in total. The van der Waals surface area contributed by atoms with Crippen LogP contribution in [-0.4, -0.2) is 18.4 Å². The molecule has 0 fully saturated rings. The lowest BCUT2D eigenvalue weighted by atomic mass is 10.0. The maximum Gasteiger partial charge on any atom is 0.258 e. The van der Waals surface area contributed by atoms with Crippen LogP contribution >= 0.6 is 0 Å². The van der Waals surface area contributed by atoms with Gasteiger partial charge < -0.3 is 10.2 Å². The number of nitrogens with zero attached hydrogens (tertiary/aromatic N) is 1. The number of aryl methyl sites for hydroxylation is 2. The van der Waals surface area contributed by atoms with E-state index in [0.29, 0.717) is 19.4 Å². The first-order valence-corrected chi connectivity index (χ1v) is 10.9. The van der Waals surface area contributed by atoms with Crippen LogP contribution in [0.15, 0.2) is 66.7 Å². The van der Waals surface area contributed by atoms with E-state index in [4.69, 9.17) is 0 Å². The molecular formula is C27H22N2O2. The van der Waals surface area contributed by atoms with E-state index in [1.165, 1.54) is 16.5 Å². The molecule has 4 heteroatoms. The van der Waals surface area contributed by atoms with Crippen molar-refractivity contribution < 1.29 is 9.59 Å².